The summed E-state index contributed by atoms with van der Waals surface area (Å²) < 4.78 is 5.51. The number of ether oxygens (including phenoxy) is 1. The molecular formula is C19H30N2O2. The second kappa shape index (κ2) is 7.75. The molecule has 2 fully saturated rings. The lowest BCUT2D eigenvalue weighted by Gasteiger charge is -2.42. The quantitative estimate of drug-likeness (QED) is 0.905. The Bertz CT molecular complexity index is 474. The van der Waals surface area contributed by atoms with E-state index in [1.807, 2.05) is 6.07 Å². The van der Waals surface area contributed by atoms with E-state index in [4.69, 9.17) is 4.74 Å². The van der Waals surface area contributed by atoms with E-state index in [1.54, 1.807) is 0 Å². The first-order valence-corrected chi connectivity index (χ1v) is 8.99. The van der Waals surface area contributed by atoms with E-state index in [0.717, 1.165) is 32.8 Å². The number of nitrogens with zero attached hydrogens (tertiary/aromatic N) is 2. The summed E-state index contributed by atoms with van der Waals surface area (Å²) in [7, 11) is 0. The van der Waals surface area contributed by atoms with Gasteiger partial charge in [0.25, 0.3) is 0 Å². The highest BCUT2D eigenvalue weighted by molar-refractivity contribution is 5.20. The maximum Gasteiger partial charge on any atom is 0.127 e. The van der Waals surface area contributed by atoms with Gasteiger partial charge in [-0.2, -0.15) is 0 Å². The Kier molecular flexibility index (Phi) is 5.70. The molecule has 0 radical (unpaired) electrons. The van der Waals surface area contributed by atoms with Crippen LogP contribution < -0.4 is 0 Å². The first-order valence-electron chi connectivity index (χ1n) is 8.99. The average Bonchev–Trinajstić information content (AvgIpc) is 3.07. The van der Waals surface area contributed by atoms with Crippen LogP contribution in [0.1, 0.15) is 38.3 Å². The van der Waals surface area contributed by atoms with E-state index in [9.17, 15) is 5.11 Å². The van der Waals surface area contributed by atoms with Crippen molar-refractivity contribution in [2.24, 2.45) is 5.92 Å². The van der Waals surface area contributed by atoms with Gasteiger partial charge in [0.05, 0.1) is 19.3 Å². The summed E-state index contributed by atoms with van der Waals surface area (Å²) in [6, 6.07) is 11.0. The van der Waals surface area contributed by atoms with E-state index in [-0.39, 0.29) is 6.04 Å². The molecule has 2 heterocycles. The van der Waals surface area contributed by atoms with Crippen LogP contribution in [0.2, 0.25) is 0 Å². The van der Waals surface area contributed by atoms with Gasteiger partial charge in [0.2, 0.25) is 0 Å². The summed E-state index contributed by atoms with van der Waals surface area (Å²) in [5, 5.41) is 11.3. The van der Waals surface area contributed by atoms with Crippen molar-refractivity contribution in [3.05, 3.63) is 35.9 Å². The van der Waals surface area contributed by atoms with Crippen molar-refractivity contribution in [2.45, 2.75) is 45.0 Å². The van der Waals surface area contributed by atoms with E-state index < -0.39 is 6.23 Å². The lowest BCUT2D eigenvalue weighted by Crippen LogP contribution is -2.51. The van der Waals surface area contributed by atoms with E-state index in [2.05, 4.69) is 47.9 Å². The SMILES string of the molecule is CC(C)C1CCCN1C(O)[C@H](c1ccccc1)N1CCOCC1. The van der Waals surface area contributed by atoms with Crippen LogP contribution in [0.25, 0.3) is 0 Å². The third-order valence-electron chi connectivity index (χ3n) is 5.31. The van der Waals surface area contributed by atoms with Gasteiger partial charge in [-0.05, 0) is 24.3 Å². The zero-order valence-electron chi connectivity index (χ0n) is 14.4. The second-order valence-corrected chi connectivity index (χ2v) is 7.11. The number of benzene rings is 1. The topological polar surface area (TPSA) is 35.9 Å². The van der Waals surface area contributed by atoms with Gasteiger partial charge in [0, 0.05) is 25.7 Å². The Hall–Kier alpha value is -0.940. The Labute approximate surface area is 140 Å². The minimum absolute atomic E-state index is 0.0273. The third kappa shape index (κ3) is 3.77. The fraction of sp³-hybridized carbons (Fsp3) is 0.684. The monoisotopic (exact) mass is 318 g/mol. The third-order valence-corrected chi connectivity index (χ3v) is 5.31. The molecule has 23 heavy (non-hydrogen) atoms. The molecule has 1 N–H and O–H groups in total. The zero-order chi connectivity index (χ0) is 16.2. The van der Waals surface area contributed by atoms with Gasteiger partial charge in [0.1, 0.15) is 6.23 Å². The van der Waals surface area contributed by atoms with E-state index in [1.165, 1.54) is 18.4 Å². The first kappa shape index (κ1) is 16.9. The van der Waals surface area contributed by atoms with E-state index >= 15 is 0 Å². The summed E-state index contributed by atoms with van der Waals surface area (Å²) in [6.07, 6.45) is 1.93. The second-order valence-electron chi connectivity index (χ2n) is 7.11. The summed E-state index contributed by atoms with van der Waals surface area (Å²) in [5.41, 5.74) is 1.20. The molecule has 0 aromatic heterocycles. The van der Waals surface area contributed by atoms with Gasteiger partial charge >= 0.3 is 0 Å². The normalized spacial score (nSPS) is 26.5. The summed E-state index contributed by atoms with van der Waals surface area (Å²) >= 11 is 0. The number of aliphatic hydroxyl groups is 1. The Morgan fingerprint density at radius 1 is 1.09 bits per heavy atom. The maximum atomic E-state index is 11.3. The first-order chi connectivity index (χ1) is 11.2. The molecule has 1 aromatic carbocycles. The predicted octanol–water partition coefficient (Wildman–Crippen LogP) is 2.50. The van der Waals surface area contributed by atoms with Crippen molar-refractivity contribution in [3.63, 3.8) is 0 Å². The van der Waals surface area contributed by atoms with Crippen molar-refractivity contribution in [1.82, 2.24) is 9.80 Å². The molecule has 2 saturated heterocycles. The lowest BCUT2D eigenvalue weighted by atomic mass is 9.98. The van der Waals surface area contributed by atoms with Crippen molar-refractivity contribution in [1.29, 1.82) is 0 Å². The van der Waals surface area contributed by atoms with Crippen molar-refractivity contribution < 1.29 is 9.84 Å². The highest BCUT2D eigenvalue weighted by atomic mass is 16.5. The Balaban J connectivity index is 1.85. The summed E-state index contributed by atoms with van der Waals surface area (Å²) in [4.78, 5) is 4.72. The molecule has 128 valence electrons. The molecule has 3 atom stereocenters. The molecule has 0 bridgehead atoms. The van der Waals surface area contributed by atoms with Crippen LogP contribution >= 0.6 is 0 Å². The molecule has 2 aliphatic rings. The number of hydrogen-bond donors (Lipinski definition) is 1. The molecule has 2 unspecified atom stereocenters. The number of likely N-dealkylation sites (tertiary alicyclic amines) is 1. The molecule has 0 spiro atoms. The molecule has 0 saturated carbocycles. The van der Waals surface area contributed by atoms with Crippen LogP contribution in [-0.4, -0.2) is 60.0 Å². The number of hydrogen-bond acceptors (Lipinski definition) is 4. The van der Waals surface area contributed by atoms with Gasteiger partial charge in [-0.3, -0.25) is 9.80 Å². The van der Waals surface area contributed by atoms with Gasteiger partial charge < -0.3 is 9.84 Å². The van der Waals surface area contributed by atoms with Gasteiger partial charge in [-0.15, -0.1) is 0 Å². The zero-order valence-corrected chi connectivity index (χ0v) is 14.4. The van der Waals surface area contributed by atoms with Crippen molar-refractivity contribution in [3.8, 4) is 0 Å². The highest BCUT2D eigenvalue weighted by Crippen LogP contribution is 2.33. The van der Waals surface area contributed by atoms with Crippen LogP contribution in [0.15, 0.2) is 30.3 Å². The lowest BCUT2D eigenvalue weighted by molar-refractivity contribution is -0.0949. The molecule has 4 heteroatoms. The maximum absolute atomic E-state index is 11.3. The standard InChI is InChI=1S/C19H30N2O2/c1-15(2)17-9-6-10-21(17)19(22)18(16-7-4-3-5-8-16)20-11-13-23-14-12-20/h3-5,7-8,15,17-19,22H,6,9-14H2,1-2H3/t17?,18-,19?/m0/s1. The number of aliphatic hydroxyl groups excluding tert-OH is 1. The Morgan fingerprint density at radius 2 is 1.78 bits per heavy atom. The van der Waals surface area contributed by atoms with Crippen molar-refractivity contribution in [2.75, 3.05) is 32.8 Å². The molecule has 2 aliphatic heterocycles. The molecule has 4 nitrogen and oxygen atoms in total. The molecule has 0 aliphatic carbocycles. The minimum atomic E-state index is -0.453. The number of rotatable bonds is 5. The fourth-order valence-electron chi connectivity index (χ4n) is 4.12. The van der Waals surface area contributed by atoms with Gasteiger partial charge in [-0.25, -0.2) is 0 Å². The molecule has 3 rings (SSSR count). The minimum Gasteiger partial charge on any atom is -0.379 e. The van der Waals surface area contributed by atoms with Crippen LogP contribution in [0.4, 0.5) is 0 Å². The summed E-state index contributed by atoms with van der Waals surface area (Å²) in [5.74, 6) is 0.577. The summed E-state index contributed by atoms with van der Waals surface area (Å²) in [6.45, 7) is 8.81. The molecular weight excluding hydrogens is 288 g/mol. The number of morpholine rings is 1. The van der Waals surface area contributed by atoms with Gasteiger partial charge in [-0.1, -0.05) is 44.2 Å². The van der Waals surface area contributed by atoms with Crippen LogP contribution in [0.5, 0.6) is 0 Å². The molecule has 1 aromatic rings. The van der Waals surface area contributed by atoms with E-state index in [0.29, 0.717) is 12.0 Å². The average molecular weight is 318 g/mol. The highest BCUT2D eigenvalue weighted by Gasteiger charge is 2.38. The van der Waals surface area contributed by atoms with Crippen molar-refractivity contribution >= 4 is 0 Å². The van der Waals surface area contributed by atoms with Crippen LogP contribution in [0, 0.1) is 5.92 Å². The molecule has 0 amide bonds. The van der Waals surface area contributed by atoms with Crippen LogP contribution in [-0.2, 0) is 4.74 Å². The fourth-order valence-corrected chi connectivity index (χ4v) is 4.12. The largest absolute Gasteiger partial charge is 0.379 e. The van der Waals surface area contributed by atoms with Gasteiger partial charge in [0.15, 0.2) is 0 Å². The predicted molar refractivity (Wildman–Crippen MR) is 92.1 cm³/mol. The van der Waals surface area contributed by atoms with Crippen LogP contribution in [0.3, 0.4) is 0 Å². The Morgan fingerprint density at radius 3 is 2.43 bits per heavy atom. The smallest absolute Gasteiger partial charge is 0.127 e.